The number of benzene rings is 1. The van der Waals surface area contributed by atoms with Gasteiger partial charge in [-0.25, -0.2) is 0 Å². The fourth-order valence-corrected chi connectivity index (χ4v) is 2.73. The van der Waals surface area contributed by atoms with Crippen LogP contribution >= 0.6 is 27.5 Å². The maximum absolute atomic E-state index is 6.01. The third-order valence-corrected chi connectivity index (χ3v) is 3.69. The van der Waals surface area contributed by atoms with Crippen LogP contribution in [0, 0.1) is 5.92 Å². The van der Waals surface area contributed by atoms with Crippen LogP contribution in [-0.2, 0) is 18.7 Å². The second-order valence-corrected chi connectivity index (χ2v) is 5.82. The van der Waals surface area contributed by atoms with Gasteiger partial charge in [0.1, 0.15) is 0 Å². The Kier molecular flexibility index (Phi) is 5.85. The van der Waals surface area contributed by atoms with Gasteiger partial charge < -0.3 is 0 Å². The summed E-state index contributed by atoms with van der Waals surface area (Å²) in [6, 6.07) is 4.51. The lowest BCUT2D eigenvalue weighted by molar-refractivity contribution is 0.645. The van der Waals surface area contributed by atoms with Crippen LogP contribution in [0.15, 0.2) is 16.6 Å². The predicted molar refractivity (Wildman–Crippen MR) is 76.2 cm³/mol. The summed E-state index contributed by atoms with van der Waals surface area (Å²) in [6.07, 6.45) is 3.39. The molecule has 1 aromatic carbocycles. The van der Waals surface area contributed by atoms with Gasteiger partial charge in [0.15, 0.2) is 0 Å². The number of hydrogen-bond donors (Lipinski definition) is 0. The molecule has 0 nitrogen and oxygen atoms in total. The smallest absolute Gasteiger partial charge is 0.0476 e. The number of rotatable bonds is 5. The Hall–Kier alpha value is -0.0100. The molecule has 0 aliphatic rings. The van der Waals surface area contributed by atoms with Crippen molar-refractivity contribution in [3.63, 3.8) is 0 Å². The minimum absolute atomic E-state index is 0.619. The van der Waals surface area contributed by atoms with E-state index < -0.39 is 0 Å². The summed E-state index contributed by atoms with van der Waals surface area (Å²) < 4.78 is 1.23. The standard InChI is InChI=1S/C14H20BrCl/c1-4-5-11-8-14(15)12(6-10(2)3)7-13(11)9-16/h7-8,10H,4-6,9H2,1-3H3. The lowest BCUT2D eigenvalue weighted by atomic mass is 9.97. The molecule has 0 aromatic heterocycles. The Morgan fingerprint density at radius 1 is 1.19 bits per heavy atom. The van der Waals surface area contributed by atoms with Gasteiger partial charge >= 0.3 is 0 Å². The number of hydrogen-bond acceptors (Lipinski definition) is 0. The third-order valence-electron chi connectivity index (χ3n) is 2.66. The highest BCUT2D eigenvalue weighted by atomic mass is 79.9. The van der Waals surface area contributed by atoms with Crippen molar-refractivity contribution in [3.8, 4) is 0 Å². The lowest BCUT2D eigenvalue weighted by Crippen LogP contribution is -2.00. The maximum atomic E-state index is 6.01. The topological polar surface area (TPSA) is 0 Å². The van der Waals surface area contributed by atoms with E-state index in [1.165, 1.54) is 27.6 Å². The first-order valence-electron chi connectivity index (χ1n) is 5.94. The van der Waals surface area contributed by atoms with Gasteiger partial charge in [0.05, 0.1) is 0 Å². The van der Waals surface area contributed by atoms with Gasteiger partial charge in [-0.15, -0.1) is 11.6 Å². The highest BCUT2D eigenvalue weighted by Gasteiger charge is 2.08. The van der Waals surface area contributed by atoms with Gasteiger partial charge in [-0.05, 0) is 41.5 Å². The molecule has 1 aromatic rings. The van der Waals surface area contributed by atoms with Crippen molar-refractivity contribution >= 4 is 27.5 Å². The minimum atomic E-state index is 0.619. The molecule has 90 valence electrons. The monoisotopic (exact) mass is 302 g/mol. The van der Waals surface area contributed by atoms with Crippen LogP contribution in [0.25, 0.3) is 0 Å². The first-order valence-corrected chi connectivity index (χ1v) is 7.27. The van der Waals surface area contributed by atoms with Gasteiger partial charge in [0, 0.05) is 10.4 Å². The van der Waals surface area contributed by atoms with Crippen LogP contribution in [0.1, 0.15) is 43.9 Å². The zero-order valence-corrected chi connectivity index (χ0v) is 12.7. The van der Waals surface area contributed by atoms with Gasteiger partial charge in [-0.2, -0.15) is 0 Å². The van der Waals surface area contributed by atoms with E-state index in [2.05, 4.69) is 48.8 Å². The van der Waals surface area contributed by atoms with Gasteiger partial charge in [0.2, 0.25) is 0 Å². The van der Waals surface area contributed by atoms with Crippen molar-refractivity contribution in [2.24, 2.45) is 5.92 Å². The van der Waals surface area contributed by atoms with Crippen LogP contribution in [0.3, 0.4) is 0 Å². The van der Waals surface area contributed by atoms with E-state index in [0.717, 1.165) is 12.8 Å². The summed E-state index contributed by atoms with van der Waals surface area (Å²) in [5, 5.41) is 0. The van der Waals surface area contributed by atoms with E-state index in [4.69, 9.17) is 11.6 Å². The Balaban J connectivity index is 3.04. The maximum Gasteiger partial charge on any atom is 0.0476 e. The van der Waals surface area contributed by atoms with Gasteiger partial charge in [-0.3, -0.25) is 0 Å². The van der Waals surface area contributed by atoms with E-state index in [1.54, 1.807) is 0 Å². The summed E-state index contributed by atoms with van der Waals surface area (Å²) in [5.41, 5.74) is 4.06. The van der Waals surface area contributed by atoms with Crippen molar-refractivity contribution < 1.29 is 0 Å². The first-order chi connectivity index (χ1) is 7.58. The van der Waals surface area contributed by atoms with E-state index in [9.17, 15) is 0 Å². The molecule has 0 fully saturated rings. The summed E-state index contributed by atoms with van der Waals surface area (Å²) >= 11 is 9.68. The molecule has 0 N–H and O–H groups in total. The molecule has 0 saturated carbocycles. The van der Waals surface area contributed by atoms with Gasteiger partial charge in [0.25, 0.3) is 0 Å². The summed E-state index contributed by atoms with van der Waals surface area (Å²) in [6.45, 7) is 6.69. The van der Waals surface area contributed by atoms with Crippen molar-refractivity contribution in [1.82, 2.24) is 0 Å². The van der Waals surface area contributed by atoms with Crippen molar-refractivity contribution in [2.75, 3.05) is 0 Å². The summed E-state index contributed by atoms with van der Waals surface area (Å²) in [7, 11) is 0. The summed E-state index contributed by atoms with van der Waals surface area (Å²) in [4.78, 5) is 0. The normalized spacial score (nSPS) is 11.1. The molecule has 0 aliphatic carbocycles. The first kappa shape index (κ1) is 14.1. The highest BCUT2D eigenvalue weighted by Crippen LogP contribution is 2.26. The fourth-order valence-electron chi connectivity index (χ4n) is 1.93. The molecule has 0 spiro atoms. The molecule has 0 amide bonds. The fraction of sp³-hybridized carbons (Fsp3) is 0.571. The molecule has 0 radical (unpaired) electrons. The predicted octanol–water partition coefficient (Wildman–Crippen LogP) is 5.34. The van der Waals surface area contributed by atoms with Crippen molar-refractivity contribution in [3.05, 3.63) is 33.3 Å². The van der Waals surface area contributed by atoms with E-state index in [0.29, 0.717) is 11.8 Å². The number of alkyl halides is 1. The molecule has 0 unspecified atom stereocenters. The van der Waals surface area contributed by atoms with Crippen LogP contribution in [0.2, 0.25) is 0 Å². The van der Waals surface area contributed by atoms with Crippen LogP contribution < -0.4 is 0 Å². The molecule has 0 atom stereocenters. The molecule has 0 saturated heterocycles. The SMILES string of the molecule is CCCc1cc(Br)c(CC(C)C)cc1CCl. The molecule has 0 aliphatic heterocycles. The zero-order valence-electron chi connectivity index (χ0n) is 10.3. The number of aryl methyl sites for hydroxylation is 1. The molecule has 16 heavy (non-hydrogen) atoms. The van der Waals surface area contributed by atoms with Crippen molar-refractivity contribution in [2.45, 2.75) is 45.9 Å². The lowest BCUT2D eigenvalue weighted by Gasteiger charge is -2.13. The minimum Gasteiger partial charge on any atom is -0.122 e. The quantitative estimate of drug-likeness (QED) is 0.644. The van der Waals surface area contributed by atoms with E-state index in [-0.39, 0.29) is 0 Å². The Morgan fingerprint density at radius 3 is 2.38 bits per heavy atom. The van der Waals surface area contributed by atoms with E-state index in [1.807, 2.05) is 0 Å². The van der Waals surface area contributed by atoms with Gasteiger partial charge in [-0.1, -0.05) is 49.2 Å². The Bertz CT molecular complexity index is 345. The Labute approximate surface area is 113 Å². The highest BCUT2D eigenvalue weighted by molar-refractivity contribution is 9.10. The molecule has 0 bridgehead atoms. The average molecular weight is 304 g/mol. The summed E-state index contributed by atoms with van der Waals surface area (Å²) in [5.74, 6) is 1.30. The second kappa shape index (κ2) is 6.66. The number of halogens is 2. The van der Waals surface area contributed by atoms with Crippen LogP contribution in [-0.4, -0.2) is 0 Å². The van der Waals surface area contributed by atoms with Crippen molar-refractivity contribution in [1.29, 1.82) is 0 Å². The molecule has 1 rings (SSSR count). The molecule has 0 heterocycles. The largest absolute Gasteiger partial charge is 0.122 e. The van der Waals surface area contributed by atoms with E-state index >= 15 is 0 Å². The Morgan fingerprint density at radius 2 is 1.88 bits per heavy atom. The second-order valence-electron chi connectivity index (χ2n) is 4.69. The zero-order chi connectivity index (χ0) is 12.1. The third kappa shape index (κ3) is 3.78. The van der Waals surface area contributed by atoms with Crippen LogP contribution in [0.4, 0.5) is 0 Å². The molecular weight excluding hydrogens is 284 g/mol. The van der Waals surface area contributed by atoms with Crippen LogP contribution in [0.5, 0.6) is 0 Å². The molecule has 2 heteroatoms. The average Bonchev–Trinajstić information content (AvgIpc) is 2.21. The molecular formula is C14H20BrCl.